The number of rotatable bonds is 10. The first-order valence-electron chi connectivity index (χ1n) is 13.1. The lowest BCUT2D eigenvalue weighted by Gasteiger charge is -2.27. The summed E-state index contributed by atoms with van der Waals surface area (Å²) in [5.41, 5.74) is 3.05. The number of likely N-dealkylation sites (tertiary alicyclic amines) is 1. The molecule has 0 spiro atoms. The molecule has 1 atom stereocenters. The Hall–Kier alpha value is -3.85. The Morgan fingerprint density at radius 3 is 2.53 bits per heavy atom. The van der Waals surface area contributed by atoms with Gasteiger partial charge in [-0.25, -0.2) is 4.98 Å². The van der Waals surface area contributed by atoms with E-state index in [1.54, 1.807) is 19.1 Å². The van der Waals surface area contributed by atoms with Crippen LogP contribution in [0.1, 0.15) is 55.7 Å². The molecular formula is C29H36N4O5. The second kappa shape index (κ2) is 11.3. The van der Waals surface area contributed by atoms with Crippen molar-refractivity contribution in [3.05, 3.63) is 64.6 Å². The molecule has 38 heavy (non-hydrogen) atoms. The number of phenolic OH excluding ortho intramolecular Hbond substituents is 1. The lowest BCUT2D eigenvalue weighted by Crippen LogP contribution is -2.33. The van der Waals surface area contributed by atoms with Gasteiger partial charge in [-0.3, -0.25) is 9.59 Å². The second-order valence-corrected chi connectivity index (χ2v) is 9.46. The number of amides is 1. The van der Waals surface area contributed by atoms with E-state index in [1.165, 1.54) is 11.0 Å². The molecule has 0 bridgehead atoms. The number of aliphatic hydroxyl groups excluding tert-OH is 1. The van der Waals surface area contributed by atoms with E-state index in [9.17, 15) is 19.8 Å². The standard InChI is InChI=1S/C29H36N4O5/c1-6-31(7-2)14-10-16-33-25(20-12-13-21(34)22(17-20)38-8-3)23(27(36)29(33)37)26(35)24-19(5)32-15-9-11-18(4)28(32)30-24/h9,11-13,15,17,25,34-35H,6-8,10,14,16H2,1-5H3. The smallest absolute Gasteiger partial charge is 0.295 e. The number of aromatic nitrogens is 2. The zero-order valence-corrected chi connectivity index (χ0v) is 22.7. The number of carbonyl (C=O) groups excluding carboxylic acids is 2. The van der Waals surface area contributed by atoms with Crippen molar-refractivity contribution >= 4 is 23.1 Å². The number of imidazole rings is 1. The van der Waals surface area contributed by atoms with Crippen LogP contribution in [0.4, 0.5) is 0 Å². The minimum absolute atomic E-state index is 0.0184. The van der Waals surface area contributed by atoms with Gasteiger partial charge in [-0.15, -0.1) is 0 Å². The first-order chi connectivity index (χ1) is 18.2. The van der Waals surface area contributed by atoms with Crippen molar-refractivity contribution in [2.45, 2.75) is 47.1 Å². The van der Waals surface area contributed by atoms with E-state index in [-0.39, 0.29) is 28.5 Å². The summed E-state index contributed by atoms with van der Waals surface area (Å²) in [4.78, 5) is 35.2. The minimum atomic E-state index is -0.850. The van der Waals surface area contributed by atoms with Crippen LogP contribution in [-0.4, -0.2) is 73.9 Å². The van der Waals surface area contributed by atoms with Gasteiger partial charge >= 0.3 is 0 Å². The molecule has 9 nitrogen and oxygen atoms in total. The summed E-state index contributed by atoms with van der Waals surface area (Å²) in [5.74, 6) is -1.53. The molecule has 1 saturated heterocycles. The Morgan fingerprint density at radius 2 is 1.87 bits per heavy atom. The van der Waals surface area contributed by atoms with E-state index in [4.69, 9.17) is 4.74 Å². The second-order valence-electron chi connectivity index (χ2n) is 9.46. The molecule has 1 unspecified atom stereocenters. The zero-order chi connectivity index (χ0) is 27.6. The number of ketones is 1. The fourth-order valence-electron chi connectivity index (χ4n) is 5.11. The van der Waals surface area contributed by atoms with Crippen LogP contribution in [0.3, 0.4) is 0 Å². The Bertz CT molecular complexity index is 1390. The van der Waals surface area contributed by atoms with Crippen LogP contribution < -0.4 is 4.74 Å². The van der Waals surface area contributed by atoms with Gasteiger partial charge in [-0.2, -0.15) is 0 Å². The Balaban J connectivity index is 1.85. The van der Waals surface area contributed by atoms with Crippen LogP contribution >= 0.6 is 0 Å². The number of phenols is 1. The van der Waals surface area contributed by atoms with Crippen molar-refractivity contribution in [2.24, 2.45) is 0 Å². The van der Waals surface area contributed by atoms with Gasteiger partial charge in [0.2, 0.25) is 0 Å². The van der Waals surface area contributed by atoms with Crippen LogP contribution in [0.2, 0.25) is 0 Å². The number of ether oxygens (including phenoxy) is 1. The first kappa shape index (κ1) is 27.2. The quantitative estimate of drug-likeness (QED) is 0.234. The third kappa shape index (κ3) is 4.86. The predicted molar refractivity (Wildman–Crippen MR) is 145 cm³/mol. The van der Waals surface area contributed by atoms with Gasteiger partial charge in [0.15, 0.2) is 17.3 Å². The Labute approximate surface area is 223 Å². The minimum Gasteiger partial charge on any atom is -0.505 e. The van der Waals surface area contributed by atoms with E-state index >= 15 is 0 Å². The van der Waals surface area contributed by atoms with E-state index in [0.29, 0.717) is 36.5 Å². The predicted octanol–water partition coefficient (Wildman–Crippen LogP) is 4.21. The molecule has 3 aromatic rings. The van der Waals surface area contributed by atoms with Gasteiger partial charge in [0.05, 0.1) is 23.9 Å². The summed E-state index contributed by atoms with van der Waals surface area (Å²) in [6.07, 6.45) is 2.51. The van der Waals surface area contributed by atoms with E-state index in [0.717, 1.165) is 25.2 Å². The molecular weight excluding hydrogens is 484 g/mol. The Morgan fingerprint density at radius 1 is 1.13 bits per heavy atom. The van der Waals surface area contributed by atoms with Crippen molar-refractivity contribution in [2.75, 3.05) is 32.8 Å². The maximum Gasteiger partial charge on any atom is 0.295 e. The molecule has 4 rings (SSSR count). The van der Waals surface area contributed by atoms with Crippen LogP contribution in [-0.2, 0) is 9.59 Å². The molecule has 1 aliphatic rings. The third-order valence-corrected chi connectivity index (χ3v) is 7.22. The average Bonchev–Trinajstić information content (AvgIpc) is 3.38. The van der Waals surface area contributed by atoms with Gasteiger partial charge in [-0.1, -0.05) is 26.0 Å². The normalized spacial score (nSPS) is 17.2. The number of aryl methyl sites for hydroxylation is 2. The number of Topliss-reactive ketones (excluding diaryl/α,β-unsaturated/α-hetero) is 1. The first-order valence-corrected chi connectivity index (χ1v) is 13.1. The summed E-state index contributed by atoms with van der Waals surface area (Å²) in [6, 6.07) is 7.72. The van der Waals surface area contributed by atoms with Gasteiger partial charge in [0.25, 0.3) is 11.7 Å². The number of benzene rings is 1. The number of hydrogen-bond donors (Lipinski definition) is 2. The van der Waals surface area contributed by atoms with E-state index in [1.807, 2.05) is 36.6 Å². The highest BCUT2D eigenvalue weighted by atomic mass is 16.5. The topological polar surface area (TPSA) is 108 Å². The van der Waals surface area contributed by atoms with Gasteiger partial charge in [0.1, 0.15) is 11.3 Å². The molecule has 2 aromatic heterocycles. The SMILES string of the molecule is CCOc1cc(C2C(=C(O)c3nc4c(C)cccn4c3C)C(=O)C(=O)N2CCCN(CC)CC)ccc1O. The summed E-state index contributed by atoms with van der Waals surface area (Å²) in [5, 5.41) is 21.8. The van der Waals surface area contributed by atoms with Gasteiger partial charge in [0, 0.05) is 12.7 Å². The maximum absolute atomic E-state index is 13.5. The number of pyridine rings is 1. The number of fused-ring (bicyclic) bond motifs is 1. The lowest BCUT2D eigenvalue weighted by molar-refractivity contribution is -0.140. The molecule has 2 N–H and O–H groups in total. The highest BCUT2D eigenvalue weighted by molar-refractivity contribution is 6.46. The lowest BCUT2D eigenvalue weighted by atomic mass is 9.96. The van der Waals surface area contributed by atoms with Gasteiger partial charge < -0.3 is 29.2 Å². The maximum atomic E-state index is 13.5. The summed E-state index contributed by atoms with van der Waals surface area (Å²) in [7, 11) is 0. The van der Waals surface area contributed by atoms with Crippen molar-refractivity contribution in [3.63, 3.8) is 0 Å². The molecule has 9 heteroatoms. The number of nitrogens with zero attached hydrogens (tertiary/aromatic N) is 4. The van der Waals surface area contributed by atoms with Crippen LogP contribution in [0, 0.1) is 13.8 Å². The largest absolute Gasteiger partial charge is 0.505 e. The number of carbonyl (C=O) groups is 2. The van der Waals surface area contributed by atoms with E-state index in [2.05, 4.69) is 23.7 Å². The zero-order valence-electron chi connectivity index (χ0n) is 22.7. The summed E-state index contributed by atoms with van der Waals surface area (Å²) in [6.45, 7) is 12.9. The number of hydrogen-bond acceptors (Lipinski definition) is 7. The molecule has 1 aliphatic heterocycles. The summed E-state index contributed by atoms with van der Waals surface area (Å²) < 4.78 is 7.44. The monoisotopic (exact) mass is 520 g/mol. The highest BCUT2D eigenvalue weighted by Gasteiger charge is 2.46. The molecule has 1 aromatic carbocycles. The summed E-state index contributed by atoms with van der Waals surface area (Å²) >= 11 is 0. The van der Waals surface area contributed by atoms with Crippen LogP contribution in [0.15, 0.2) is 42.1 Å². The molecule has 202 valence electrons. The number of aliphatic hydroxyl groups is 1. The van der Waals surface area contributed by atoms with Crippen molar-refractivity contribution < 1.29 is 24.5 Å². The molecule has 1 fully saturated rings. The molecule has 0 aliphatic carbocycles. The average molecular weight is 521 g/mol. The molecule has 3 heterocycles. The van der Waals surface area contributed by atoms with Gasteiger partial charge in [-0.05, 0) is 76.2 Å². The number of aromatic hydroxyl groups is 1. The Kier molecular flexibility index (Phi) is 8.06. The van der Waals surface area contributed by atoms with Crippen molar-refractivity contribution in [3.8, 4) is 11.5 Å². The molecule has 0 saturated carbocycles. The molecule has 0 radical (unpaired) electrons. The molecule has 1 amide bonds. The highest BCUT2D eigenvalue weighted by Crippen LogP contribution is 2.42. The third-order valence-electron chi connectivity index (χ3n) is 7.22. The fraction of sp³-hybridized carbons (Fsp3) is 0.414. The van der Waals surface area contributed by atoms with Crippen LogP contribution in [0.5, 0.6) is 11.5 Å². The fourth-order valence-corrected chi connectivity index (χ4v) is 5.11. The van der Waals surface area contributed by atoms with Crippen molar-refractivity contribution in [1.29, 1.82) is 0 Å². The van der Waals surface area contributed by atoms with Crippen molar-refractivity contribution in [1.82, 2.24) is 19.2 Å². The van der Waals surface area contributed by atoms with Crippen LogP contribution in [0.25, 0.3) is 11.4 Å². The van der Waals surface area contributed by atoms with E-state index < -0.39 is 17.7 Å².